The summed E-state index contributed by atoms with van der Waals surface area (Å²) < 4.78 is 0.956. The molecule has 0 bridgehead atoms. The summed E-state index contributed by atoms with van der Waals surface area (Å²) in [7, 11) is 0. The highest BCUT2D eigenvalue weighted by molar-refractivity contribution is 14.1. The minimum absolute atomic E-state index is 0.436. The smallest absolute Gasteiger partial charge is 0.149 e. The van der Waals surface area contributed by atoms with Gasteiger partial charge in [0.1, 0.15) is 11.1 Å². The van der Waals surface area contributed by atoms with Crippen LogP contribution >= 0.6 is 46.0 Å². The van der Waals surface area contributed by atoms with Crippen LogP contribution in [0.3, 0.4) is 0 Å². The van der Waals surface area contributed by atoms with Crippen LogP contribution < -0.4 is 0 Å². The van der Waals surface area contributed by atoms with Crippen molar-refractivity contribution in [2.45, 2.75) is 0 Å². The van der Waals surface area contributed by atoms with Crippen molar-refractivity contribution >= 4 is 56.6 Å². The van der Waals surface area contributed by atoms with E-state index in [0.29, 0.717) is 21.2 Å². The van der Waals surface area contributed by atoms with Crippen molar-refractivity contribution in [2.24, 2.45) is 5.16 Å². The quantitative estimate of drug-likeness (QED) is 0.335. The topological polar surface area (TPSA) is 56.4 Å². The highest BCUT2D eigenvalue weighted by Crippen LogP contribution is 2.39. The van der Waals surface area contributed by atoms with Gasteiger partial charge in [0.05, 0.1) is 8.48 Å². The first-order valence-electron chi connectivity index (χ1n) is 4.83. The molecule has 0 unspecified atom stereocenters. The van der Waals surface area contributed by atoms with Gasteiger partial charge < -0.3 is 5.21 Å². The van der Waals surface area contributed by atoms with E-state index in [1.165, 1.54) is 11.8 Å². The van der Waals surface area contributed by atoms with Crippen LogP contribution in [-0.4, -0.2) is 10.3 Å². The summed E-state index contributed by atoms with van der Waals surface area (Å²) in [5.74, 6) is 0. The first kappa shape index (κ1) is 13.5. The number of allylic oxidation sites excluding steroid dienone is 2. The van der Waals surface area contributed by atoms with Crippen LogP contribution in [0.5, 0.6) is 0 Å². The predicted molar refractivity (Wildman–Crippen MR) is 82.9 cm³/mol. The van der Waals surface area contributed by atoms with Crippen LogP contribution in [0.1, 0.15) is 5.56 Å². The molecule has 0 saturated heterocycles. The van der Waals surface area contributed by atoms with E-state index in [1.54, 1.807) is 24.3 Å². The molecule has 6 heteroatoms. The van der Waals surface area contributed by atoms with Gasteiger partial charge in [-0.15, -0.1) is 0 Å². The van der Waals surface area contributed by atoms with Crippen molar-refractivity contribution in [3.8, 4) is 6.07 Å². The van der Waals surface area contributed by atoms with Gasteiger partial charge >= 0.3 is 0 Å². The molecule has 1 N–H and O–H groups in total. The average Bonchev–Trinajstić information content (AvgIpc) is 2.74. The molecule has 1 aliphatic rings. The Kier molecular flexibility index (Phi) is 4.32. The lowest BCUT2D eigenvalue weighted by Gasteiger charge is -2.03. The van der Waals surface area contributed by atoms with Gasteiger partial charge in [0.25, 0.3) is 0 Å². The van der Waals surface area contributed by atoms with Crippen LogP contribution in [0.4, 0.5) is 0 Å². The van der Waals surface area contributed by atoms with E-state index in [9.17, 15) is 5.26 Å². The van der Waals surface area contributed by atoms with Crippen LogP contribution in [-0.2, 0) is 0 Å². The van der Waals surface area contributed by atoms with E-state index >= 15 is 0 Å². The minimum atomic E-state index is 0.436. The molecule has 1 heterocycles. The second-order valence-electron chi connectivity index (χ2n) is 3.36. The summed E-state index contributed by atoms with van der Waals surface area (Å²) in [6, 6.07) is 9.14. The zero-order chi connectivity index (χ0) is 13.1. The Balaban J connectivity index is 2.58. The Labute approximate surface area is 127 Å². The maximum atomic E-state index is 9.29. The van der Waals surface area contributed by atoms with Crippen LogP contribution in [0, 0.1) is 11.3 Å². The fraction of sp³-hybridized carbons (Fsp3) is 0. The average molecular weight is 389 g/mol. The van der Waals surface area contributed by atoms with Gasteiger partial charge in [0.2, 0.25) is 0 Å². The van der Waals surface area contributed by atoms with Gasteiger partial charge in [-0.2, -0.15) is 5.26 Å². The van der Waals surface area contributed by atoms with Gasteiger partial charge in [-0.25, -0.2) is 0 Å². The summed E-state index contributed by atoms with van der Waals surface area (Å²) >= 11 is 9.27. The van der Waals surface area contributed by atoms with Gasteiger partial charge in [-0.05, 0) is 46.4 Å². The van der Waals surface area contributed by atoms with Gasteiger partial charge in [0.15, 0.2) is 0 Å². The molecule has 0 amide bonds. The Morgan fingerprint density at radius 2 is 2.06 bits per heavy atom. The van der Waals surface area contributed by atoms with E-state index in [2.05, 4.69) is 33.8 Å². The highest BCUT2D eigenvalue weighted by atomic mass is 127. The molecule has 0 aliphatic carbocycles. The van der Waals surface area contributed by atoms with Crippen molar-refractivity contribution in [2.75, 3.05) is 0 Å². The SMILES string of the molecule is N#C/C(=C1/C=C(I)S/C1=N\O)c1ccc(Cl)cc1. The second kappa shape index (κ2) is 5.78. The number of nitriles is 1. The Hall–Kier alpha value is -0.970. The fourth-order valence-corrected chi connectivity index (χ4v) is 3.24. The first-order chi connectivity index (χ1) is 8.65. The van der Waals surface area contributed by atoms with Gasteiger partial charge in [-0.3, -0.25) is 0 Å². The summed E-state index contributed by atoms with van der Waals surface area (Å²) in [6.45, 7) is 0. The number of thioether (sulfide) groups is 1. The first-order valence-corrected chi connectivity index (χ1v) is 7.11. The number of halogens is 2. The third kappa shape index (κ3) is 2.71. The fourth-order valence-electron chi connectivity index (χ4n) is 1.50. The zero-order valence-corrected chi connectivity index (χ0v) is 12.6. The molecule has 1 aliphatic heterocycles. The predicted octanol–water partition coefficient (Wildman–Crippen LogP) is 4.43. The maximum Gasteiger partial charge on any atom is 0.149 e. The van der Waals surface area contributed by atoms with Gasteiger partial charge in [-0.1, -0.05) is 40.7 Å². The zero-order valence-electron chi connectivity index (χ0n) is 8.89. The van der Waals surface area contributed by atoms with Crippen molar-refractivity contribution in [1.82, 2.24) is 0 Å². The van der Waals surface area contributed by atoms with E-state index in [0.717, 1.165) is 8.48 Å². The third-order valence-electron chi connectivity index (χ3n) is 2.29. The number of benzene rings is 1. The second-order valence-corrected chi connectivity index (χ2v) is 6.72. The highest BCUT2D eigenvalue weighted by Gasteiger charge is 2.21. The summed E-state index contributed by atoms with van der Waals surface area (Å²) in [5.41, 5.74) is 1.86. The van der Waals surface area contributed by atoms with E-state index in [-0.39, 0.29) is 0 Å². The molecule has 0 radical (unpaired) electrons. The molecule has 2 rings (SSSR count). The minimum Gasteiger partial charge on any atom is -0.410 e. The molecule has 3 nitrogen and oxygen atoms in total. The summed E-state index contributed by atoms with van der Waals surface area (Å²) in [6.07, 6.45) is 1.83. The van der Waals surface area contributed by atoms with E-state index in [4.69, 9.17) is 16.8 Å². The molecular weight excluding hydrogens is 383 g/mol. The monoisotopic (exact) mass is 388 g/mol. The molecule has 0 spiro atoms. The van der Waals surface area contributed by atoms with Crippen LogP contribution in [0.2, 0.25) is 5.02 Å². The number of nitrogens with zero attached hydrogens (tertiary/aromatic N) is 2. The molecule has 0 atom stereocenters. The molecule has 0 saturated carbocycles. The van der Waals surface area contributed by atoms with Crippen molar-refractivity contribution in [1.29, 1.82) is 5.26 Å². The Bertz CT molecular complexity index is 614. The number of hydrogen-bond acceptors (Lipinski definition) is 4. The number of hydrogen-bond donors (Lipinski definition) is 1. The lowest BCUT2D eigenvalue weighted by atomic mass is 10.0. The third-order valence-corrected chi connectivity index (χ3v) is 4.32. The summed E-state index contributed by atoms with van der Waals surface area (Å²) in [5, 5.41) is 22.5. The normalized spacial score (nSPS) is 19.6. The molecule has 0 aromatic heterocycles. The molecule has 90 valence electrons. The lowest BCUT2D eigenvalue weighted by Crippen LogP contribution is -1.95. The molecule has 1 aromatic rings. The van der Waals surface area contributed by atoms with Crippen molar-refractivity contribution in [3.05, 3.63) is 49.4 Å². The van der Waals surface area contributed by atoms with Gasteiger partial charge in [0, 0.05) is 10.6 Å². The molecule has 0 fully saturated rings. The van der Waals surface area contributed by atoms with E-state index in [1.807, 2.05) is 6.08 Å². The maximum absolute atomic E-state index is 9.29. The summed E-state index contributed by atoms with van der Waals surface area (Å²) in [4.78, 5) is 0. The number of oxime groups is 1. The standard InChI is InChI=1S/C12H6ClIN2OS/c13-8-3-1-7(2-4-8)10(6-15)9-5-11(14)18-12(9)16-17/h1-5,17H/b10-9+,16-12-. The number of rotatable bonds is 1. The molecule has 18 heavy (non-hydrogen) atoms. The van der Waals surface area contributed by atoms with Crippen molar-refractivity contribution < 1.29 is 5.21 Å². The molecule has 1 aromatic carbocycles. The Morgan fingerprint density at radius 3 is 2.61 bits per heavy atom. The largest absolute Gasteiger partial charge is 0.410 e. The Morgan fingerprint density at radius 1 is 1.39 bits per heavy atom. The lowest BCUT2D eigenvalue weighted by molar-refractivity contribution is 0.321. The molecular formula is C12H6ClIN2OS. The van der Waals surface area contributed by atoms with E-state index < -0.39 is 0 Å². The van der Waals surface area contributed by atoms with Crippen molar-refractivity contribution in [3.63, 3.8) is 0 Å². The van der Waals surface area contributed by atoms with Crippen LogP contribution in [0.15, 0.2) is 44.0 Å². The van der Waals surface area contributed by atoms with Crippen LogP contribution in [0.25, 0.3) is 5.57 Å².